The Morgan fingerprint density at radius 1 is 1.73 bits per heavy atom. The van der Waals surface area contributed by atoms with E-state index in [0.717, 1.165) is 0 Å². The van der Waals surface area contributed by atoms with Crippen LogP contribution >= 0.6 is 0 Å². The first-order valence-corrected chi connectivity index (χ1v) is 4.58. The van der Waals surface area contributed by atoms with Crippen molar-refractivity contribution in [3.8, 4) is 0 Å². The van der Waals surface area contributed by atoms with Crippen molar-refractivity contribution < 1.29 is 9.53 Å². The Balaban J connectivity index is 3.25. The molecule has 0 saturated heterocycles. The van der Waals surface area contributed by atoms with Gasteiger partial charge in [0.15, 0.2) is 0 Å². The van der Waals surface area contributed by atoms with E-state index < -0.39 is 11.5 Å². The van der Waals surface area contributed by atoms with Gasteiger partial charge in [0.25, 0.3) is 0 Å². The number of carbonyl (C=O) groups excluding carboxylic acids is 1. The number of carbonyl (C=O) groups is 1. The SMILES string of the molecule is [C-]#[N+]C(CC)(C(=O)OC)c1cccnc1. The standard InChI is InChI=1S/C11H12N2O2/c1-4-11(12-2,10(14)15-3)9-6-5-7-13-8-9/h5-8H,4H2,1,3H3. The minimum atomic E-state index is -1.25. The molecule has 1 heterocycles. The van der Waals surface area contributed by atoms with Crippen molar-refractivity contribution in [1.82, 2.24) is 4.98 Å². The molecule has 1 atom stereocenters. The summed E-state index contributed by atoms with van der Waals surface area (Å²) in [6, 6.07) is 3.42. The van der Waals surface area contributed by atoms with Gasteiger partial charge in [-0.15, -0.1) is 0 Å². The maximum absolute atomic E-state index is 11.6. The van der Waals surface area contributed by atoms with E-state index in [2.05, 4.69) is 14.6 Å². The van der Waals surface area contributed by atoms with Gasteiger partial charge in [-0.25, -0.2) is 11.4 Å². The summed E-state index contributed by atoms with van der Waals surface area (Å²) < 4.78 is 4.67. The van der Waals surface area contributed by atoms with Crippen LogP contribution in [0.1, 0.15) is 18.9 Å². The maximum atomic E-state index is 11.6. The highest BCUT2D eigenvalue weighted by Gasteiger charge is 2.47. The minimum absolute atomic E-state index is 0.370. The summed E-state index contributed by atoms with van der Waals surface area (Å²) in [5.74, 6) is -0.534. The lowest BCUT2D eigenvalue weighted by atomic mass is 9.89. The highest BCUT2D eigenvalue weighted by atomic mass is 16.5. The first-order chi connectivity index (χ1) is 7.21. The van der Waals surface area contributed by atoms with Gasteiger partial charge >= 0.3 is 11.5 Å². The van der Waals surface area contributed by atoms with Crippen LogP contribution in [-0.4, -0.2) is 18.1 Å². The summed E-state index contributed by atoms with van der Waals surface area (Å²) in [6.45, 7) is 8.96. The largest absolute Gasteiger partial charge is 0.463 e. The average molecular weight is 204 g/mol. The second-order valence-electron chi connectivity index (χ2n) is 3.06. The number of aromatic nitrogens is 1. The van der Waals surface area contributed by atoms with Crippen LogP contribution in [0.4, 0.5) is 0 Å². The van der Waals surface area contributed by atoms with Crippen LogP contribution in [0, 0.1) is 6.57 Å². The first-order valence-electron chi connectivity index (χ1n) is 4.58. The number of methoxy groups -OCH3 is 1. The minimum Gasteiger partial charge on any atom is -0.463 e. The van der Waals surface area contributed by atoms with Crippen molar-refractivity contribution in [2.24, 2.45) is 0 Å². The Bertz CT molecular complexity index is 383. The van der Waals surface area contributed by atoms with E-state index in [4.69, 9.17) is 6.57 Å². The molecule has 1 aromatic heterocycles. The predicted octanol–water partition coefficient (Wildman–Crippen LogP) is 1.78. The highest BCUT2D eigenvalue weighted by Crippen LogP contribution is 2.30. The van der Waals surface area contributed by atoms with Crippen molar-refractivity contribution in [3.63, 3.8) is 0 Å². The fourth-order valence-electron chi connectivity index (χ4n) is 1.43. The lowest BCUT2D eigenvalue weighted by molar-refractivity contribution is -0.145. The molecule has 1 rings (SSSR count). The molecule has 0 amide bonds. The Hall–Kier alpha value is -1.89. The first kappa shape index (κ1) is 11.2. The third-order valence-corrected chi connectivity index (χ3v) is 2.36. The van der Waals surface area contributed by atoms with E-state index in [1.807, 2.05) is 0 Å². The van der Waals surface area contributed by atoms with Gasteiger partial charge in [-0.1, -0.05) is 6.92 Å². The van der Waals surface area contributed by atoms with Crippen LogP contribution < -0.4 is 0 Å². The lowest BCUT2D eigenvalue weighted by Gasteiger charge is -2.17. The fourth-order valence-corrected chi connectivity index (χ4v) is 1.43. The summed E-state index contributed by atoms with van der Waals surface area (Å²) in [7, 11) is 1.29. The lowest BCUT2D eigenvalue weighted by Crippen LogP contribution is -2.33. The van der Waals surface area contributed by atoms with E-state index >= 15 is 0 Å². The van der Waals surface area contributed by atoms with Crippen LogP contribution in [0.15, 0.2) is 24.5 Å². The van der Waals surface area contributed by atoms with Crippen LogP contribution in [0.2, 0.25) is 0 Å². The third-order valence-electron chi connectivity index (χ3n) is 2.36. The molecule has 0 aromatic carbocycles. The van der Waals surface area contributed by atoms with Crippen LogP contribution in [0.3, 0.4) is 0 Å². The highest BCUT2D eigenvalue weighted by molar-refractivity contribution is 5.84. The number of hydrogen-bond donors (Lipinski definition) is 0. The molecule has 0 aliphatic rings. The second-order valence-corrected chi connectivity index (χ2v) is 3.06. The molecule has 0 radical (unpaired) electrons. The molecule has 1 unspecified atom stereocenters. The zero-order chi connectivity index (χ0) is 11.3. The monoisotopic (exact) mass is 204 g/mol. The number of ether oxygens (including phenoxy) is 1. The number of esters is 1. The van der Waals surface area contributed by atoms with Gasteiger partial charge in [0.1, 0.15) is 0 Å². The molecule has 4 heteroatoms. The Labute approximate surface area is 88.7 Å². The number of nitrogens with zero attached hydrogens (tertiary/aromatic N) is 2. The van der Waals surface area contributed by atoms with Crippen molar-refractivity contribution in [3.05, 3.63) is 41.5 Å². The van der Waals surface area contributed by atoms with E-state index in [1.165, 1.54) is 13.3 Å². The van der Waals surface area contributed by atoms with Crippen molar-refractivity contribution in [2.75, 3.05) is 7.11 Å². The molecule has 0 spiro atoms. The third kappa shape index (κ3) is 1.82. The van der Waals surface area contributed by atoms with Crippen LogP contribution in [0.25, 0.3) is 4.85 Å². The van der Waals surface area contributed by atoms with Gasteiger partial charge in [0.05, 0.1) is 12.7 Å². The van der Waals surface area contributed by atoms with Crippen molar-refractivity contribution in [1.29, 1.82) is 0 Å². The number of pyridine rings is 1. The second kappa shape index (κ2) is 4.56. The van der Waals surface area contributed by atoms with Crippen LogP contribution in [-0.2, 0) is 15.1 Å². The molecular weight excluding hydrogens is 192 g/mol. The normalized spacial score (nSPS) is 13.7. The molecule has 0 aliphatic carbocycles. The maximum Gasteiger partial charge on any atom is 0.398 e. The number of hydrogen-bond acceptors (Lipinski definition) is 3. The van der Waals surface area contributed by atoms with Gasteiger partial charge in [0.2, 0.25) is 0 Å². The van der Waals surface area contributed by atoms with E-state index in [1.54, 1.807) is 25.3 Å². The van der Waals surface area contributed by atoms with Gasteiger partial charge in [-0.05, 0) is 12.1 Å². The van der Waals surface area contributed by atoms with Crippen molar-refractivity contribution >= 4 is 5.97 Å². The molecule has 0 saturated carbocycles. The average Bonchev–Trinajstić information content (AvgIpc) is 2.32. The van der Waals surface area contributed by atoms with Gasteiger partial charge < -0.3 is 4.74 Å². The van der Waals surface area contributed by atoms with Crippen LogP contribution in [0.5, 0.6) is 0 Å². The van der Waals surface area contributed by atoms with Crippen molar-refractivity contribution in [2.45, 2.75) is 18.9 Å². The topological polar surface area (TPSA) is 43.5 Å². The smallest absolute Gasteiger partial charge is 0.398 e. The molecule has 0 aliphatic heterocycles. The molecule has 0 fully saturated rings. The number of rotatable bonds is 3. The molecule has 15 heavy (non-hydrogen) atoms. The van der Waals surface area contributed by atoms with Gasteiger partial charge in [-0.3, -0.25) is 9.83 Å². The quantitative estimate of drug-likeness (QED) is 0.556. The van der Waals surface area contributed by atoms with E-state index in [-0.39, 0.29) is 0 Å². The molecule has 4 nitrogen and oxygen atoms in total. The van der Waals surface area contributed by atoms with E-state index in [9.17, 15) is 4.79 Å². The fraction of sp³-hybridized carbons (Fsp3) is 0.364. The molecule has 0 N–H and O–H groups in total. The van der Waals surface area contributed by atoms with Gasteiger partial charge in [-0.2, -0.15) is 0 Å². The Kier molecular flexibility index (Phi) is 3.40. The van der Waals surface area contributed by atoms with Gasteiger partial charge in [0, 0.05) is 18.8 Å². The summed E-state index contributed by atoms with van der Waals surface area (Å²) in [5, 5.41) is 0. The zero-order valence-corrected chi connectivity index (χ0v) is 8.73. The summed E-state index contributed by atoms with van der Waals surface area (Å²) >= 11 is 0. The molecule has 0 bridgehead atoms. The Morgan fingerprint density at radius 2 is 2.47 bits per heavy atom. The zero-order valence-electron chi connectivity index (χ0n) is 8.73. The molecule has 78 valence electrons. The summed E-state index contributed by atoms with van der Waals surface area (Å²) in [4.78, 5) is 19.0. The predicted molar refractivity (Wildman–Crippen MR) is 54.8 cm³/mol. The Morgan fingerprint density at radius 3 is 2.87 bits per heavy atom. The summed E-state index contributed by atoms with van der Waals surface area (Å²) in [6.07, 6.45) is 3.50. The van der Waals surface area contributed by atoms with E-state index in [0.29, 0.717) is 12.0 Å². The molecular formula is C11H12N2O2. The summed E-state index contributed by atoms with van der Waals surface area (Å²) in [5.41, 5.74) is -0.669. The molecule has 1 aromatic rings.